The second kappa shape index (κ2) is 8.63. The minimum Gasteiger partial charge on any atom is -0.348 e. The molecule has 0 aliphatic rings. The summed E-state index contributed by atoms with van der Waals surface area (Å²) in [6.45, 7) is 4.04. The van der Waals surface area contributed by atoms with Crippen molar-refractivity contribution in [2.24, 2.45) is 0 Å². The van der Waals surface area contributed by atoms with Crippen molar-refractivity contribution in [3.8, 4) is 0 Å². The first-order valence-electron chi connectivity index (χ1n) is 8.66. The summed E-state index contributed by atoms with van der Waals surface area (Å²) in [5, 5.41) is 0.895. The number of thioether (sulfide) groups is 1. The zero-order valence-electron chi connectivity index (χ0n) is 15.6. The number of allylic oxidation sites excluding steroid dienone is 1. The third-order valence-electron chi connectivity index (χ3n) is 4.18. The monoisotopic (exact) mass is 413 g/mol. The van der Waals surface area contributed by atoms with Crippen molar-refractivity contribution >= 4 is 40.2 Å². The fraction of sp³-hybridized carbons (Fsp3) is 0.190. The van der Waals surface area contributed by atoms with Crippen LogP contribution in [0.15, 0.2) is 71.1 Å². The van der Waals surface area contributed by atoms with Crippen LogP contribution in [0.1, 0.15) is 10.8 Å². The molecule has 1 atom stereocenters. The van der Waals surface area contributed by atoms with Crippen LogP contribution >= 0.6 is 23.4 Å². The van der Waals surface area contributed by atoms with Gasteiger partial charge in [-0.25, -0.2) is 4.98 Å². The minimum absolute atomic E-state index is 0.0817. The summed E-state index contributed by atoms with van der Waals surface area (Å²) in [4.78, 5) is 32.0. The Balaban J connectivity index is 2.16. The second-order valence-corrected chi connectivity index (χ2v) is 7.91. The Bertz CT molecular complexity index is 1080. The number of carbonyl (C=O) groups excluding carboxylic acids is 1. The van der Waals surface area contributed by atoms with Crippen LogP contribution in [-0.2, 0) is 11.3 Å². The maximum atomic E-state index is 13.0. The molecule has 144 valence electrons. The van der Waals surface area contributed by atoms with Crippen molar-refractivity contribution in [2.45, 2.75) is 17.0 Å². The van der Waals surface area contributed by atoms with E-state index in [4.69, 9.17) is 11.6 Å². The van der Waals surface area contributed by atoms with E-state index in [0.717, 1.165) is 5.56 Å². The van der Waals surface area contributed by atoms with Gasteiger partial charge in [0.15, 0.2) is 5.16 Å². The van der Waals surface area contributed by atoms with Gasteiger partial charge in [-0.1, -0.05) is 59.8 Å². The van der Waals surface area contributed by atoms with Crippen molar-refractivity contribution in [3.63, 3.8) is 0 Å². The maximum absolute atomic E-state index is 13.0. The molecule has 1 aromatic heterocycles. The summed E-state index contributed by atoms with van der Waals surface area (Å²) in [5.41, 5.74) is 1.16. The summed E-state index contributed by atoms with van der Waals surface area (Å²) in [6, 6.07) is 14.5. The summed E-state index contributed by atoms with van der Waals surface area (Å²) in [5.74, 6) is -0.0817. The molecule has 1 amide bonds. The van der Waals surface area contributed by atoms with Crippen molar-refractivity contribution in [3.05, 3.63) is 82.1 Å². The number of amides is 1. The van der Waals surface area contributed by atoms with Gasteiger partial charge in [0.2, 0.25) is 5.91 Å². The molecule has 0 spiro atoms. The van der Waals surface area contributed by atoms with E-state index in [1.807, 2.05) is 30.3 Å². The molecule has 0 bridgehead atoms. The predicted octanol–water partition coefficient (Wildman–Crippen LogP) is 4.16. The Morgan fingerprint density at radius 1 is 1.29 bits per heavy atom. The number of halogens is 1. The van der Waals surface area contributed by atoms with Crippen molar-refractivity contribution in [1.29, 1.82) is 0 Å². The molecule has 3 rings (SSSR count). The first-order chi connectivity index (χ1) is 13.4. The normalized spacial score (nSPS) is 12.0. The lowest BCUT2D eigenvalue weighted by molar-refractivity contribution is -0.128. The predicted molar refractivity (Wildman–Crippen MR) is 115 cm³/mol. The van der Waals surface area contributed by atoms with E-state index in [9.17, 15) is 9.59 Å². The van der Waals surface area contributed by atoms with E-state index in [0.29, 0.717) is 27.6 Å². The molecule has 0 radical (unpaired) electrons. The molecule has 2 aromatic carbocycles. The Morgan fingerprint density at radius 2 is 2.00 bits per heavy atom. The number of fused-ring (bicyclic) bond motifs is 1. The van der Waals surface area contributed by atoms with Gasteiger partial charge in [-0.2, -0.15) is 0 Å². The van der Waals surface area contributed by atoms with E-state index in [2.05, 4.69) is 11.6 Å². The maximum Gasteiger partial charge on any atom is 0.262 e. The SMILES string of the molecule is C=CCn1c(S[C@H](C(=O)N(C)C)c2ccccc2)nc2cc(Cl)ccc2c1=O. The van der Waals surface area contributed by atoms with Crippen LogP contribution < -0.4 is 5.56 Å². The molecule has 0 aliphatic carbocycles. The number of rotatable bonds is 6. The van der Waals surface area contributed by atoms with E-state index in [-0.39, 0.29) is 11.5 Å². The first-order valence-corrected chi connectivity index (χ1v) is 9.92. The molecule has 28 heavy (non-hydrogen) atoms. The highest BCUT2D eigenvalue weighted by Crippen LogP contribution is 2.35. The number of benzene rings is 2. The van der Waals surface area contributed by atoms with E-state index < -0.39 is 5.25 Å². The third kappa shape index (κ3) is 4.13. The molecule has 0 saturated carbocycles. The summed E-state index contributed by atoms with van der Waals surface area (Å²) >= 11 is 7.33. The van der Waals surface area contributed by atoms with Gasteiger partial charge in [0.1, 0.15) is 5.25 Å². The smallest absolute Gasteiger partial charge is 0.262 e. The van der Waals surface area contributed by atoms with Gasteiger partial charge in [0.25, 0.3) is 5.56 Å². The summed E-state index contributed by atoms with van der Waals surface area (Å²) in [7, 11) is 3.42. The van der Waals surface area contributed by atoms with Gasteiger partial charge in [-0.3, -0.25) is 14.2 Å². The van der Waals surface area contributed by atoms with Crippen molar-refractivity contribution in [1.82, 2.24) is 14.5 Å². The Kier molecular flexibility index (Phi) is 6.21. The van der Waals surface area contributed by atoms with Crippen LogP contribution in [-0.4, -0.2) is 34.5 Å². The van der Waals surface area contributed by atoms with Gasteiger partial charge in [0, 0.05) is 25.7 Å². The van der Waals surface area contributed by atoms with Crippen molar-refractivity contribution < 1.29 is 4.79 Å². The number of likely N-dealkylation sites (N-methyl/N-ethyl adjacent to an activating group) is 1. The van der Waals surface area contributed by atoms with Crippen LogP contribution in [0.25, 0.3) is 10.9 Å². The quantitative estimate of drug-likeness (QED) is 0.346. The zero-order chi connectivity index (χ0) is 20.3. The second-order valence-electron chi connectivity index (χ2n) is 6.40. The highest BCUT2D eigenvalue weighted by atomic mass is 35.5. The average molecular weight is 414 g/mol. The molecular formula is C21H20ClN3O2S. The third-order valence-corrected chi connectivity index (χ3v) is 5.65. The lowest BCUT2D eigenvalue weighted by Crippen LogP contribution is -2.28. The van der Waals surface area contributed by atoms with Gasteiger partial charge in [-0.05, 0) is 23.8 Å². The largest absolute Gasteiger partial charge is 0.348 e. The van der Waals surface area contributed by atoms with Crippen LogP contribution in [0.3, 0.4) is 0 Å². The lowest BCUT2D eigenvalue weighted by atomic mass is 10.1. The minimum atomic E-state index is -0.532. The average Bonchev–Trinajstić information content (AvgIpc) is 2.68. The molecule has 3 aromatic rings. The molecule has 1 heterocycles. The van der Waals surface area contributed by atoms with Crippen LogP contribution in [0.4, 0.5) is 0 Å². The fourth-order valence-electron chi connectivity index (χ4n) is 2.78. The molecule has 0 saturated heterocycles. The van der Waals surface area contributed by atoms with Crippen molar-refractivity contribution in [2.75, 3.05) is 14.1 Å². The number of carbonyl (C=O) groups is 1. The molecule has 5 nitrogen and oxygen atoms in total. The number of hydrogen-bond acceptors (Lipinski definition) is 4. The number of hydrogen-bond donors (Lipinski definition) is 0. The lowest BCUT2D eigenvalue weighted by Gasteiger charge is -2.21. The topological polar surface area (TPSA) is 55.2 Å². The van der Waals surface area contributed by atoms with Gasteiger partial charge in [0.05, 0.1) is 10.9 Å². The van der Waals surface area contributed by atoms with Crippen LogP contribution in [0.5, 0.6) is 0 Å². The highest BCUT2D eigenvalue weighted by molar-refractivity contribution is 8.00. The Morgan fingerprint density at radius 3 is 2.64 bits per heavy atom. The molecule has 7 heteroatoms. The number of nitrogens with zero attached hydrogens (tertiary/aromatic N) is 3. The first kappa shape index (κ1) is 20.2. The van der Waals surface area contributed by atoms with Gasteiger partial charge < -0.3 is 4.90 Å². The molecule has 0 fully saturated rings. The van der Waals surface area contributed by atoms with E-state index in [1.54, 1.807) is 43.3 Å². The highest BCUT2D eigenvalue weighted by Gasteiger charge is 2.26. The standard InChI is InChI=1S/C21H20ClN3O2S/c1-4-12-25-19(26)16-11-10-15(22)13-17(16)23-21(25)28-18(20(27)24(2)3)14-8-6-5-7-9-14/h4-11,13,18H,1,12H2,2-3H3/t18-/m0/s1. The zero-order valence-corrected chi connectivity index (χ0v) is 17.2. The van der Waals surface area contributed by atoms with Crippen LogP contribution in [0, 0.1) is 0 Å². The van der Waals surface area contributed by atoms with Gasteiger partial charge in [-0.15, -0.1) is 6.58 Å². The fourth-order valence-corrected chi connectivity index (χ4v) is 4.20. The van der Waals surface area contributed by atoms with Gasteiger partial charge >= 0.3 is 0 Å². The Labute approximate surface area is 172 Å². The number of aromatic nitrogens is 2. The molecule has 0 N–H and O–H groups in total. The van der Waals surface area contributed by atoms with Crippen LogP contribution in [0.2, 0.25) is 5.02 Å². The summed E-state index contributed by atoms with van der Waals surface area (Å²) < 4.78 is 1.53. The molecular weight excluding hydrogens is 394 g/mol. The molecule has 0 unspecified atom stereocenters. The molecule has 0 aliphatic heterocycles. The summed E-state index contributed by atoms with van der Waals surface area (Å²) in [6.07, 6.45) is 1.64. The van der Waals surface area contributed by atoms with E-state index >= 15 is 0 Å². The Hall–Kier alpha value is -2.57. The van der Waals surface area contributed by atoms with E-state index in [1.165, 1.54) is 16.3 Å².